The first-order valence-electron chi connectivity index (χ1n) is 7.67. The van der Waals surface area contributed by atoms with Gasteiger partial charge in [-0.1, -0.05) is 6.07 Å². The first-order chi connectivity index (χ1) is 12.5. The number of nitrogens with one attached hydrogen (secondary N) is 1. The van der Waals surface area contributed by atoms with Gasteiger partial charge in [0.2, 0.25) is 0 Å². The lowest BCUT2D eigenvalue weighted by molar-refractivity contribution is -0.112. The van der Waals surface area contributed by atoms with Crippen molar-refractivity contribution < 1.29 is 14.3 Å². The molecular formula is C19H16I2N2O3. The van der Waals surface area contributed by atoms with E-state index in [0.29, 0.717) is 29.4 Å². The third-order valence-electron chi connectivity index (χ3n) is 3.29. The molecule has 0 radical (unpaired) electrons. The number of rotatable bonds is 6. The van der Waals surface area contributed by atoms with Crippen LogP contribution in [0.3, 0.4) is 0 Å². The van der Waals surface area contributed by atoms with Gasteiger partial charge in [0.05, 0.1) is 17.3 Å². The maximum absolute atomic E-state index is 12.4. The summed E-state index contributed by atoms with van der Waals surface area (Å²) in [4.78, 5) is 12.4. The monoisotopic (exact) mass is 574 g/mol. The molecule has 1 amide bonds. The van der Waals surface area contributed by atoms with Crippen molar-refractivity contribution in [2.24, 2.45) is 0 Å². The van der Waals surface area contributed by atoms with Gasteiger partial charge in [-0.15, -0.1) is 0 Å². The predicted octanol–water partition coefficient (Wildman–Crippen LogP) is 4.85. The van der Waals surface area contributed by atoms with Crippen LogP contribution in [0.25, 0.3) is 6.08 Å². The average Bonchev–Trinajstić information content (AvgIpc) is 2.59. The Morgan fingerprint density at radius 2 is 2.08 bits per heavy atom. The molecule has 0 saturated heterocycles. The van der Waals surface area contributed by atoms with E-state index in [9.17, 15) is 10.1 Å². The van der Waals surface area contributed by atoms with Crippen LogP contribution in [0.5, 0.6) is 11.5 Å². The fourth-order valence-electron chi connectivity index (χ4n) is 2.21. The van der Waals surface area contributed by atoms with Gasteiger partial charge in [-0.05, 0) is 94.1 Å². The fourth-order valence-corrected chi connectivity index (χ4v) is 3.60. The van der Waals surface area contributed by atoms with Crippen LogP contribution in [-0.4, -0.2) is 19.6 Å². The van der Waals surface area contributed by atoms with Crippen LogP contribution in [0.2, 0.25) is 0 Å². The van der Waals surface area contributed by atoms with Gasteiger partial charge in [0.15, 0.2) is 11.5 Å². The molecule has 5 nitrogen and oxygen atoms in total. The van der Waals surface area contributed by atoms with Crippen molar-refractivity contribution >= 4 is 62.9 Å². The lowest BCUT2D eigenvalue weighted by atomic mass is 10.1. The summed E-state index contributed by atoms with van der Waals surface area (Å²) in [7, 11) is 1.57. The number of hydrogen-bond acceptors (Lipinski definition) is 4. The summed E-state index contributed by atoms with van der Waals surface area (Å²) in [5, 5.41) is 12.1. The lowest BCUT2D eigenvalue weighted by Gasteiger charge is -2.12. The molecule has 134 valence electrons. The number of nitrogens with zero attached hydrogens (tertiary/aromatic N) is 1. The molecule has 2 aromatic carbocycles. The number of nitriles is 1. The Hall–Kier alpha value is -1.80. The van der Waals surface area contributed by atoms with Crippen LogP contribution in [0.4, 0.5) is 5.69 Å². The van der Waals surface area contributed by atoms with E-state index in [0.717, 1.165) is 7.14 Å². The molecule has 0 saturated carbocycles. The van der Waals surface area contributed by atoms with Crippen LogP contribution < -0.4 is 14.8 Å². The van der Waals surface area contributed by atoms with Crippen LogP contribution in [0, 0.1) is 18.5 Å². The van der Waals surface area contributed by atoms with Gasteiger partial charge < -0.3 is 14.8 Å². The molecule has 0 heterocycles. The normalized spacial score (nSPS) is 10.8. The third kappa shape index (κ3) is 5.35. The molecule has 2 aromatic rings. The number of anilines is 1. The van der Waals surface area contributed by atoms with E-state index < -0.39 is 5.91 Å². The number of amides is 1. The highest BCUT2D eigenvalue weighted by Crippen LogP contribution is 2.34. The standard InChI is InChI=1S/C19H16I2N2O3/c1-3-26-17-9-12(8-16(21)18(17)25-2)7-13(11-22)19(24)23-15-6-4-5-14(20)10-15/h4-10H,3H2,1-2H3,(H,23,24)/b13-7+. The van der Waals surface area contributed by atoms with Crippen LogP contribution >= 0.6 is 45.2 Å². The lowest BCUT2D eigenvalue weighted by Crippen LogP contribution is -2.13. The number of ether oxygens (including phenoxy) is 2. The van der Waals surface area contributed by atoms with Crippen LogP contribution in [0.1, 0.15) is 12.5 Å². The molecule has 0 bridgehead atoms. The largest absolute Gasteiger partial charge is 0.492 e. The van der Waals surface area contributed by atoms with Gasteiger partial charge in [0.1, 0.15) is 11.6 Å². The second kappa shape index (κ2) is 9.78. The van der Waals surface area contributed by atoms with Gasteiger partial charge in [-0.3, -0.25) is 4.79 Å². The zero-order valence-electron chi connectivity index (χ0n) is 14.2. The zero-order chi connectivity index (χ0) is 19.1. The summed E-state index contributed by atoms with van der Waals surface area (Å²) in [5.74, 6) is 0.744. The Morgan fingerprint density at radius 3 is 2.69 bits per heavy atom. The number of benzene rings is 2. The maximum atomic E-state index is 12.4. The first-order valence-corrected chi connectivity index (χ1v) is 9.83. The summed E-state index contributed by atoms with van der Waals surface area (Å²) in [6.07, 6.45) is 1.54. The maximum Gasteiger partial charge on any atom is 0.266 e. The van der Waals surface area contributed by atoms with E-state index in [1.165, 1.54) is 6.08 Å². The van der Waals surface area contributed by atoms with E-state index in [1.54, 1.807) is 19.2 Å². The molecule has 0 aromatic heterocycles. The summed E-state index contributed by atoms with van der Waals surface area (Å²) in [5.41, 5.74) is 1.34. The van der Waals surface area contributed by atoms with Gasteiger partial charge in [-0.25, -0.2) is 0 Å². The second-order valence-corrected chi connectivity index (χ2v) is 7.51. The van der Waals surface area contributed by atoms with E-state index in [-0.39, 0.29) is 5.57 Å². The van der Waals surface area contributed by atoms with Crippen LogP contribution in [0.15, 0.2) is 42.0 Å². The Kier molecular flexibility index (Phi) is 7.71. The van der Waals surface area contributed by atoms with Crippen molar-refractivity contribution in [1.29, 1.82) is 5.26 Å². The van der Waals surface area contributed by atoms with Crippen molar-refractivity contribution in [3.05, 3.63) is 54.7 Å². The highest BCUT2D eigenvalue weighted by Gasteiger charge is 2.13. The number of halogens is 2. The number of carbonyl (C=O) groups is 1. The molecule has 0 aliphatic carbocycles. The SMILES string of the molecule is CCOc1cc(/C=C(\C#N)C(=O)Nc2cccc(I)c2)cc(I)c1OC. The molecule has 0 aliphatic heterocycles. The molecular weight excluding hydrogens is 558 g/mol. The summed E-state index contributed by atoms with van der Waals surface area (Å²) < 4.78 is 12.8. The van der Waals surface area contributed by atoms with Crippen molar-refractivity contribution in [2.75, 3.05) is 19.0 Å². The minimum atomic E-state index is -0.460. The highest BCUT2D eigenvalue weighted by atomic mass is 127. The minimum absolute atomic E-state index is 0.00674. The molecule has 0 unspecified atom stereocenters. The average molecular weight is 574 g/mol. The minimum Gasteiger partial charge on any atom is -0.492 e. The molecule has 7 heteroatoms. The number of methoxy groups -OCH3 is 1. The summed E-state index contributed by atoms with van der Waals surface area (Å²) in [6, 6.07) is 12.9. The summed E-state index contributed by atoms with van der Waals surface area (Å²) in [6.45, 7) is 2.36. The Labute approximate surface area is 179 Å². The number of carbonyl (C=O) groups excluding carboxylic acids is 1. The van der Waals surface area contributed by atoms with E-state index >= 15 is 0 Å². The Morgan fingerprint density at radius 1 is 1.31 bits per heavy atom. The smallest absolute Gasteiger partial charge is 0.266 e. The van der Waals surface area contributed by atoms with Crippen molar-refractivity contribution in [3.8, 4) is 17.6 Å². The van der Waals surface area contributed by atoms with E-state index in [4.69, 9.17) is 9.47 Å². The molecule has 0 aliphatic rings. The molecule has 0 atom stereocenters. The zero-order valence-corrected chi connectivity index (χ0v) is 18.5. The van der Waals surface area contributed by atoms with Crippen molar-refractivity contribution in [2.45, 2.75) is 6.92 Å². The Bertz CT molecular complexity index is 889. The van der Waals surface area contributed by atoms with Gasteiger partial charge in [0, 0.05) is 9.26 Å². The molecule has 0 fully saturated rings. The molecule has 2 rings (SSSR count). The first kappa shape index (κ1) is 20.5. The number of hydrogen-bond donors (Lipinski definition) is 1. The second-order valence-electron chi connectivity index (χ2n) is 5.10. The van der Waals surface area contributed by atoms with Crippen LogP contribution in [-0.2, 0) is 4.79 Å². The van der Waals surface area contributed by atoms with Crippen molar-refractivity contribution in [1.82, 2.24) is 0 Å². The van der Waals surface area contributed by atoms with Gasteiger partial charge in [0.25, 0.3) is 5.91 Å². The highest BCUT2D eigenvalue weighted by molar-refractivity contribution is 14.1. The summed E-state index contributed by atoms with van der Waals surface area (Å²) >= 11 is 4.29. The fraction of sp³-hybridized carbons (Fsp3) is 0.158. The quantitative estimate of drug-likeness (QED) is 0.305. The van der Waals surface area contributed by atoms with E-state index in [2.05, 4.69) is 50.5 Å². The van der Waals surface area contributed by atoms with Crippen molar-refractivity contribution in [3.63, 3.8) is 0 Å². The van der Waals surface area contributed by atoms with Gasteiger partial charge in [-0.2, -0.15) is 5.26 Å². The predicted molar refractivity (Wildman–Crippen MR) is 118 cm³/mol. The third-order valence-corrected chi connectivity index (χ3v) is 4.77. The molecule has 0 spiro atoms. The Balaban J connectivity index is 2.33. The van der Waals surface area contributed by atoms with Gasteiger partial charge >= 0.3 is 0 Å². The van der Waals surface area contributed by atoms with E-state index in [1.807, 2.05) is 37.3 Å². The molecule has 1 N–H and O–H groups in total. The molecule has 26 heavy (non-hydrogen) atoms. The topological polar surface area (TPSA) is 71.3 Å².